The maximum absolute atomic E-state index is 12.1. The number of nitrogens with one attached hydrogen (secondary N) is 1. The molecule has 1 aliphatic rings. The zero-order chi connectivity index (χ0) is 14.5. The van der Waals surface area contributed by atoms with E-state index in [4.69, 9.17) is 0 Å². The summed E-state index contributed by atoms with van der Waals surface area (Å²) >= 11 is 2.20. The summed E-state index contributed by atoms with van der Waals surface area (Å²) in [7, 11) is 1.73. The summed E-state index contributed by atoms with van der Waals surface area (Å²) in [5.74, 6) is -1.00. The van der Waals surface area contributed by atoms with E-state index in [1.807, 2.05) is 12.1 Å². The molecule has 1 saturated carbocycles. The molecule has 0 aromatic heterocycles. The van der Waals surface area contributed by atoms with Gasteiger partial charge in [-0.15, -0.1) is 0 Å². The van der Waals surface area contributed by atoms with Gasteiger partial charge in [-0.1, -0.05) is 19.3 Å². The Balaban J connectivity index is 1.93. The fraction of sp³-hybridized carbons (Fsp3) is 0.467. The molecule has 1 N–H and O–H groups in total. The number of likely N-dealkylation sites (N-methyl/N-ethyl adjacent to an activating group) is 1. The van der Waals surface area contributed by atoms with E-state index in [1.54, 1.807) is 24.1 Å². The number of carbonyl (C=O) groups is 2. The summed E-state index contributed by atoms with van der Waals surface area (Å²) in [6.45, 7) is 0. The summed E-state index contributed by atoms with van der Waals surface area (Å²) in [4.78, 5) is 25.7. The monoisotopic (exact) mass is 386 g/mol. The third-order valence-corrected chi connectivity index (χ3v) is 4.46. The molecular weight excluding hydrogens is 367 g/mol. The van der Waals surface area contributed by atoms with Gasteiger partial charge in [-0.3, -0.25) is 9.59 Å². The summed E-state index contributed by atoms with van der Waals surface area (Å²) in [6.07, 6.45) is 5.51. The van der Waals surface area contributed by atoms with Crippen molar-refractivity contribution in [2.75, 3.05) is 12.4 Å². The van der Waals surface area contributed by atoms with E-state index in [9.17, 15) is 9.59 Å². The van der Waals surface area contributed by atoms with Gasteiger partial charge in [0.05, 0.1) is 0 Å². The molecule has 1 aliphatic carbocycles. The molecule has 108 valence electrons. The highest BCUT2D eigenvalue weighted by molar-refractivity contribution is 14.1. The van der Waals surface area contributed by atoms with Crippen LogP contribution in [0.4, 0.5) is 5.69 Å². The van der Waals surface area contributed by atoms with Crippen LogP contribution in [0.5, 0.6) is 0 Å². The average molecular weight is 386 g/mol. The highest BCUT2D eigenvalue weighted by Crippen LogP contribution is 2.21. The Labute approximate surface area is 133 Å². The summed E-state index contributed by atoms with van der Waals surface area (Å²) in [6, 6.07) is 7.59. The van der Waals surface area contributed by atoms with E-state index in [0.717, 1.165) is 29.3 Å². The van der Waals surface area contributed by atoms with Crippen molar-refractivity contribution < 1.29 is 9.59 Å². The molecule has 1 fully saturated rings. The quantitative estimate of drug-likeness (QED) is 0.628. The Morgan fingerprint density at radius 3 is 2.35 bits per heavy atom. The van der Waals surface area contributed by atoms with Crippen molar-refractivity contribution in [2.45, 2.75) is 38.1 Å². The fourth-order valence-electron chi connectivity index (χ4n) is 2.51. The van der Waals surface area contributed by atoms with Crippen LogP contribution in [-0.4, -0.2) is 29.8 Å². The SMILES string of the molecule is CN(C(=O)C(=O)Nc1ccc(I)cc1)C1CCCCC1. The van der Waals surface area contributed by atoms with Gasteiger partial charge in [0.2, 0.25) is 0 Å². The van der Waals surface area contributed by atoms with Crippen LogP contribution in [0.2, 0.25) is 0 Å². The molecule has 0 saturated heterocycles. The van der Waals surface area contributed by atoms with E-state index in [0.29, 0.717) is 5.69 Å². The zero-order valence-electron chi connectivity index (χ0n) is 11.6. The Morgan fingerprint density at radius 2 is 1.75 bits per heavy atom. The van der Waals surface area contributed by atoms with E-state index in [-0.39, 0.29) is 6.04 Å². The average Bonchev–Trinajstić information content (AvgIpc) is 2.49. The minimum atomic E-state index is -0.556. The Kier molecular flexibility index (Phi) is 5.39. The Morgan fingerprint density at radius 1 is 1.15 bits per heavy atom. The summed E-state index contributed by atoms with van der Waals surface area (Å²) in [5, 5.41) is 2.66. The van der Waals surface area contributed by atoms with E-state index < -0.39 is 11.8 Å². The molecule has 0 heterocycles. The predicted molar refractivity (Wildman–Crippen MR) is 87.4 cm³/mol. The molecule has 0 atom stereocenters. The number of halogens is 1. The van der Waals surface area contributed by atoms with Crippen LogP contribution < -0.4 is 5.32 Å². The number of nitrogens with zero attached hydrogens (tertiary/aromatic N) is 1. The van der Waals surface area contributed by atoms with Crippen LogP contribution in [-0.2, 0) is 9.59 Å². The molecule has 0 spiro atoms. The first-order valence-electron chi connectivity index (χ1n) is 6.91. The minimum absolute atomic E-state index is 0.207. The molecule has 5 heteroatoms. The normalized spacial score (nSPS) is 15.7. The van der Waals surface area contributed by atoms with Gasteiger partial charge in [-0.05, 0) is 59.7 Å². The predicted octanol–water partition coefficient (Wildman–Crippen LogP) is 3.02. The van der Waals surface area contributed by atoms with E-state index in [2.05, 4.69) is 27.9 Å². The van der Waals surface area contributed by atoms with Crippen LogP contribution in [0.25, 0.3) is 0 Å². The van der Waals surface area contributed by atoms with Crippen LogP contribution in [0.15, 0.2) is 24.3 Å². The van der Waals surface area contributed by atoms with Gasteiger partial charge in [0.25, 0.3) is 0 Å². The second-order valence-corrected chi connectivity index (χ2v) is 6.41. The largest absolute Gasteiger partial charge is 0.335 e. The van der Waals surface area contributed by atoms with Gasteiger partial charge in [-0.25, -0.2) is 0 Å². The van der Waals surface area contributed by atoms with Crippen molar-refractivity contribution >= 4 is 40.1 Å². The van der Waals surface area contributed by atoms with Crippen LogP contribution in [0, 0.1) is 3.57 Å². The molecule has 2 rings (SSSR count). The van der Waals surface area contributed by atoms with Crippen LogP contribution in [0.1, 0.15) is 32.1 Å². The highest BCUT2D eigenvalue weighted by atomic mass is 127. The second kappa shape index (κ2) is 7.06. The lowest BCUT2D eigenvalue weighted by molar-refractivity contribution is -0.144. The Hall–Kier alpha value is -1.11. The third-order valence-electron chi connectivity index (χ3n) is 3.74. The number of anilines is 1. The molecule has 1 aromatic carbocycles. The molecule has 0 radical (unpaired) electrons. The number of rotatable bonds is 2. The molecule has 0 aliphatic heterocycles. The topological polar surface area (TPSA) is 49.4 Å². The minimum Gasteiger partial charge on any atom is -0.335 e. The molecule has 0 unspecified atom stereocenters. The first-order chi connectivity index (χ1) is 9.58. The van der Waals surface area contributed by atoms with Gasteiger partial charge >= 0.3 is 11.8 Å². The van der Waals surface area contributed by atoms with Gasteiger partial charge in [0, 0.05) is 22.3 Å². The highest BCUT2D eigenvalue weighted by Gasteiger charge is 2.26. The maximum atomic E-state index is 12.1. The lowest BCUT2D eigenvalue weighted by Gasteiger charge is -2.30. The van der Waals surface area contributed by atoms with Crippen molar-refractivity contribution in [1.82, 2.24) is 4.90 Å². The second-order valence-electron chi connectivity index (χ2n) is 5.17. The van der Waals surface area contributed by atoms with E-state index in [1.165, 1.54) is 6.42 Å². The fourth-order valence-corrected chi connectivity index (χ4v) is 2.87. The molecule has 2 amide bonds. The molecule has 4 nitrogen and oxygen atoms in total. The molecular formula is C15H19IN2O2. The number of hydrogen-bond donors (Lipinski definition) is 1. The molecule has 20 heavy (non-hydrogen) atoms. The van der Waals surface area contributed by atoms with Gasteiger partial charge in [-0.2, -0.15) is 0 Å². The van der Waals surface area contributed by atoms with E-state index >= 15 is 0 Å². The van der Waals surface area contributed by atoms with Gasteiger partial charge in [0.1, 0.15) is 0 Å². The Bertz CT molecular complexity index is 481. The van der Waals surface area contributed by atoms with Crippen molar-refractivity contribution in [3.8, 4) is 0 Å². The molecule has 0 bridgehead atoms. The van der Waals surface area contributed by atoms with Crippen LogP contribution in [0.3, 0.4) is 0 Å². The summed E-state index contributed by atoms with van der Waals surface area (Å²) in [5.41, 5.74) is 0.654. The first-order valence-corrected chi connectivity index (χ1v) is 7.99. The van der Waals surface area contributed by atoms with Crippen molar-refractivity contribution in [2.24, 2.45) is 0 Å². The summed E-state index contributed by atoms with van der Waals surface area (Å²) < 4.78 is 1.09. The lowest BCUT2D eigenvalue weighted by Crippen LogP contribution is -2.44. The number of carbonyl (C=O) groups excluding carboxylic acids is 2. The van der Waals surface area contributed by atoms with Gasteiger partial charge < -0.3 is 10.2 Å². The number of amides is 2. The maximum Gasteiger partial charge on any atom is 0.313 e. The lowest BCUT2D eigenvalue weighted by atomic mass is 9.94. The smallest absolute Gasteiger partial charge is 0.313 e. The van der Waals surface area contributed by atoms with Crippen molar-refractivity contribution in [1.29, 1.82) is 0 Å². The van der Waals surface area contributed by atoms with Crippen molar-refractivity contribution in [3.05, 3.63) is 27.8 Å². The van der Waals surface area contributed by atoms with Crippen LogP contribution >= 0.6 is 22.6 Å². The van der Waals surface area contributed by atoms with Crippen molar-refractivity contribution in [3.63, 3.8) is 0 Å². The third kappa shape index (κ3) is 3.94. The zero-order valence-corrected chi connectivity index (χ0v) is 13.7. The first kappa shape index (κ1) is 15.3. The van der Waals surface area contributed by atoms with Gasteiger partial charge in [0.15, 0.2) is 0 Å². The number of benzene rings is 1. The molecule has 1 aromatic rings. The number of hydrogen-bond acceptors (Lipinski definition) is 2. The standard InChI is InChI=1S/C15H19IN2O2/c1-18(13-5-3-2-4-6-13)15(20)14(19)17-12-9-7-11(16)8-10-12/h7-10,13H,2-6H2,1H3,(H,17,19).